The molecule has 3 nitrogen and oxygen atoms in total. The highest BCUT2D eigenvalue weighted by molar-refractivity contribution is 4.85. The molecule has 64 valence electrons. The van der Waals surface area contributed by atoms with Crippen molar-refractivity contribution < 1.29 is 9.47 Å². The Kier molecular flexibility index (Phi) is 1.87. The van der Waals surface area contributed by atoms with Gasteiger partial charge in [0.1, 0.15) is 5.60 Å². The zero-order valence-corrected chi connectivity index (χ0v) is 6.93. The van der Waals surface area contributed by atoms with Crippen molar-refractivity contribution in [3.63, 3.8) is 0 Å². The third kappa shape index (κ3) is 1.55. The minimum absolute atomic E-state index is 0.0245. The summed E-state index contributed by atoms with van der Waals surface area (Å²) >= 11 is 0. The van der Waals surface area contributed by atoms with Crippen molar-refractivity contribution in [2.45, 2.75) is 25.0 Å². The predicted octanol–water partition coefficient (Wildman–Crippen LogP) is 0.154. The van der Waals surface area contributed by atoms with Gasteiger partial charge in [-0.05, 0) is 19.9 Å². The molecule has 2 rings (SSSR count). The first kappa shape index (κ1) is 7.53. The van der Waals surface area contributed by atoms with Gasteiger partial charge in [-0.3, -0.25) is 0 Å². The minimum Gasteiger partial charge on any atom is -0.375 e. The van der Waals surface area contributed by atoms with E-state index in [1.165, 1.54) is 0 Å². The smallest absolute Gasteiger partial charge is 0.112 e. The highest BCUT2D eigenvalue weighted by Gasteiger charge is 2.37. The Bertz CT molecular complexity index is 139. The second-order valence-corrected chi connectivity index (χ2v) is 3.68. The summed E-state index contributed by atoms with van der Waals surface area (Å²) in [6.07, 6.45) is 1.57. The highest BCUT2D eigenvalue weighted by atomic mass is 16.6. The van der Waals surface area contributed by atoms with Gasteiger partial charge in [0.15, 0.2) is 0 Å². The second kappa shape index (κ2) is 2.73. The summed E-state index contributed by atoms with van der Waals surface area (Å²) < 4.78 is 10.9. The fourth-order valence-corrected chi connectivity index (χ4v) is 1.59. The van der Waals surface area contributed by atoms with Gasteiger partial charge in [-0.15, -0.1) is 0 Å². The molecule has 0 spiro atoms. The molecule has 1 N–H and O–H groups in total. The van der Waals surface area contributed by atoms with Crippen molar-refractivity contribution in [3.8, 4) is 0 Å². The normalized spacial score (nSPS) is 35.2. The molecule has 0 amide bonds. The topological polar surface area (TPSA) is 30.5 Å². The molecule has 2 heterocycles. The largest absolute Gasteiger partial charge is 0.375 e. The van der Waals surface area contributed by atoms with E-state index in [0.717, 1.165) is 32.7 Å². The van der Waals surface area contributed by atoms with Gasteiger partial charge in [-0.25, -0.2) is 0 Å². The number of rotatable bonds is 2. The summed E-state index contributed by atoms with van der Waals surface area (Å²) in [4.78, 5) is 0. The van der Waals surface area contributed by atoms with E-state index in [-0.39, 0.29) is 5.60 Å². The van der Waals surface area contributed by atoms with Gasteiger partial charge in [0.25, 0.3) is 0 Å². The van der Waals surface area contributed by atoms with Gasteiger partial charge in [-0.2, -0.15) is 0 Å². The summed E-state index contributed by atoms with van der Waals surface area (Å²) in [7, 11) is 0. The van der Waals surface area contributed by atoms with Gasteiger partial charge in [0.2, 0.25) is 0 Å². The van der Waals surface area contributed by atoms with Crippen LogP contribution in [0.4, 0.5) is 0 Å². The molecule has 2 saturated heterocycles. The predicted molar refractivity (Wildman–Crippen MR) is 41.6 cm³/mol. The Balaban J connectivity index is 1.79. The van der Waals surface area contributed by atoms with E-state index in [1.54, 1.807) is 0 Å². The van der Waals surface area contributed by atoms with Crippen molar-refractivity contribution in [2.75, 3.05) is 26.3 Å². The molecule has 0 aliphatic carbocycles. The van der Waals surface area contributed by atoms with Crippen LogP contribution < -0.4 is 5.32 Å². The van der Waals surface area contributed by atoms with Crippen LogP contribution in [0.5, 0.6) is 0 Å². The van der Waals surface area contributed by atoms with Crippen molar-refractivity contribution >= 4 is 0 Å². The summed E-state index contributed by atoms with van der Waals surface area (Å²) in [6, 6.07) is 0. The lowest BCUT2D eigenvalue weighted by atomic mass is 10.1. The van der Waals surface area contributed by atoms with Crippen molar-refractivity contribution in [3.05, 3.63) is 0 Å². The van der Waals surface area contributed by atoms with Gasteiger partial charge in [0.05, 0.1) is 19.3 Å². The first-order valence-corrected chi connectivity index (χ1v) is 4.25. The molecule has 0 bridgehead atoms. The molecule has 2 aliphatic heterocycles. The first-order valence-electron chi connectivity index (χ1n) is 4.25. The Labute approximate surface area is 67.1 Å². The van der Waals surface area contributed by atoms with Crippen molar-refractivity contribution in [2.24, 2.45) is 0 Å². The molecule has 3 heteroatoms. The molecule has 2 aliphatic rings. The van der Waals surface area contributed by atoms with Crippen molar-refractivity contribution in [1.29, 1.82) is 0 Å². The molecule has 1 atom stereocenters. The van der Waals surface area contributed by atoms with Crippen LogP contribution in [0.25, 0.3) is 0 Å². The summed E-state index contributed by atoms with van der Waals surface area (Å²) in [5.41, 5.74) is 0.0245. The molecule has 11 heavy (non-hydrogen) atoms. The van der Waals surface area contributed by atoms with E-state index in [4.69, 9.17) is 9.47 Å². The van der Waals surface area contributed by atoms with Gasteiger partial charge < -0.3 is 14.8 Å². The Hall–Kier alpha value is -0.120. The molecule has 1 unspecified atom stereocenters. The van der Waals surface area contributed by atoms with Crippen LogP contribution in [0.2, 0.25) is 0 Å². The Morgan fingerprint density at radius 3 is 2.82 bits per heavy atom. The average molecular weight is 157 g/mol. The second-order valence-electron chi connectivity index (χ2n) is 3.68. The number of hydrogen-bond donors (Lipinski definition) is 1. The molecular weight excluding hydrogens is 142 g/mol. The standard InChI is InChI=1S/C8H15NO2/c1-8(5-10-6-8)11-7-2-3-9-4-7/h7,9H,2-6H2,1H3. The van der Waals surface area contributed by atoms with Gasteiger partial charge in [0, 0.05) is 6.54 Å². The van der Waals surface area contributed by atoms with Crippen LogP contribution in [-0.2, 0) is 9.47 Å². The Morgan fingerprint density at radius 2 is 2.36 bits per heavy atom. The van der Waals surface area contributed by atoms with Gasteiger partial charge >= 0.3 is 0 Å². The molecular formula is C8H15NO2. The van der Waals surface area contributed by atoms with E-state index < -0.39 is 0 Å². The molecule has 0 radical (unpaired) electrons. The molecule has 0 saturated carbocycles. The van der Waals surface area contributed by atoms with Crippen LogP contribution in [-0.4, -0.2) is 38.0 Å². The molecule has 0 aromatic carbocycles. The SMILES string of the molecule is CC1(OC2CCNC2)COC1. The lowest BCUT2D eigenvalue weighted by Crippen LogP contribution is -2.51. The third-order valence-electron chi connectivity index (χ3n) is 2.28. The summed E-state index contributed by atoms with van der Waals surface area (Å²) in [5, 5.41) is 3.28. The molecule has 0 aromatic rings. The highest BCUT2D eigenvalue weighted by Crippen LogP contribution is 2.24. The maximum absolute atomic E-state index is 5.85. The maximum Gasteiger partial charge on any atom is 0.112 e. The van der Waals surface area contributed by atoms with Crippen LogP contribution in [0, 0.1) is 0 Å². The number of ether oxygens (including phenoxy) is 2. The van der Waals surface area contributed by atoms with E-state index in [2.05, 4.69) is 12.2 Å². The number of hydrogen-bond acceptors (Lipinski definition) is 3. The van der Waals surface area contributed by atoms with E-state index in [0.29, 0.717) is 6.10 Å². The van der Waals surface area contributed by atoms with E-state index >= 15 is 0 Å². The van der Waals surface area contributed by atoms with E-state index in [9.17, 15) is 0 Å². The van der Waals surface area contributed by atoms with Crippen LogP contribution in [0.15, 0.2) is 0 Å². The zero-order valence-electron chi connectivity index (χ0n) is 6.93. The van der Waals surface area contributed by atoms with Crippen LogP contribution in [0.1, 0.15) is 13.3 Å². The zero-order chi connectivity index (χ0) is 7.73. The average Bonchev–Trinajstić information content (AvgIpc) is 2.36. The lowest BCUT2D eigenvalue weighted by Gasteiger charge is -2.39. The van der Waals surface area contributed by atoms with Crippen LogP contribution >= 0.6 is 0 Å². The lowest BCUT2D eigenvalue weighted by molar-refractivity contribution is -0.217. The van der Waals surface area contributed by atoms with Crippen LogP contribution in [0.3, 0.4) is 0 Å². The summed E-state index contributed by atoms with van der Waals surface area (Å²) in [5.74, 6) is 0. The first-order chi connectivity index (χ1) is 5.29. The van der Waals surface area contributed by atoms with E-state index in [1.807, 2.05) is 0 Å². The quantitative estimate of drug-likeness (QED) is 0.619. The van der Waals surface area contributed by atoms with Gasteiger partial charge in [-0.1, -0.05) is 0 Å². The maximum atomic E-state index is 5.85. The fourth-order valence-electron chi connectivity index (χ4n) is 1.59. The summed E-state index contributed by atoms with van der Waals surface area (Å²) in [6.45, 7) is 5.76. The minimum atomic E-state index is 0.0245. The fraction of sp³-hybridized carbons (Fsp3) is 1.00. The monoisotopic (exact) mass is 157 g/mol. The molecule has 2 fully saturated rings. The third-order valence-corrected chi connectivity index (χ3v) is 2.28. The molecule has 0 aromatic heterocycles. The van der Waals surface area contributed by atoms with Crippen molar-refractivity contribution in [1.82, 2.24) is 5.32 Å². The number of nitrogens with one attached hydrogen (secondary N) is 1. The Morgan fingerprint density at radius 1 is 1.55 bits per heavy atom.